The number of aliphatic hydroxyl groups excluding tert-OH is 1. The minimum Gasteiger partial charge on any atom is -0.389 e. The first-order valence-electron chi connectivity index (χ1n) is 8.55. The maximum atomic E-state index is 12.8. The Hall–Kier alpha value is -1.75. The fourth-order valence-electron chi connectivity index (χ4n) is 2.76. The number of benzene rings is 1. The maximum absolute atomic E-state index is 12.8. The van der Waals surface area contributed by atoms with E-state index in [0.29, 0.717) is 38.4 Å². The van der Waals surface area contributed by atoms with Gasteiger partial charge in [-0.25, -0.2) is 0 Å². The number of nitrogens with zero attached hydrogens (tertiary/aromatic N) is 2. The van der Waals surface area contributed by atoms with Crippen LogP contribution in [0.25, 0.3) is 0 Å². The zero-order valence-corrected chi connectivity index (χ0v) is 15.1. The van der Waals surface area contributed by atoms with Gasteiger partial charge in [0.15, 0.2) is 0 Å². The van der Waals surface area contributed by atoms with Crippen LogP contribution in [0.2, 0.25) is 0 Å². The van der Waals surface area contributed by atoms with Crippen LogP contribution in [0.4, 0.5) is 18.9 Å². The highest BCUT2D eigenvalue weighted by molar-refractivity contribution is 5.49. The number of hydrogen-bond acceptors (Lipinski definition) is 4. The van der Waals surface area contributed by atoms with E-state index in [0.717, 1.165) is 6.07 Å². The number of rotatable bonds is 6. The molecule has 144 valence electrons. The first-order valence-corrected chi connectivity index (χ1v) is 8.55. The Morgan fingerprint density at radius 3 is 2.46 bits per heavy atom. The van der Waals surface area contributed by atoms with Gasteiger partial charge in [0, 0.05) is 38.4 Å². The van der Waals surface area contributed by atoms with Gasteiger partial charge in [-0.1, -0.05) is 12.0 Å². The van der Waals surface area contributed by atoms with Crippen molar-refractivity contribution in [2.75, 3.05) is 44.2 Å². The molecule has 0 radical (unpaired) electrons. The summed E-state index contributed by atoms with van der Waals surface area (Å²) in [5.74, 6) is 2.51. The van der Waals surface area contributed by atoms with Gasteiger partial charge in [0.1, 0.15) is 5.60 Å². The van der Waals surface area contributed by atoms with E-state index < -0.39 is 23.4 Å². The van der Waals surface area contributed by atoms with Crippen LogP contribution in [0.3, 0.4) is 0 Å². The van der Waals surface area contributed by atoms with E-state index in [1.54, 1.807) is 19.9 Å². The van der Waals surface area contributed by atoms with E-state index in [-0.39, 0.29) is 6.61 Å². The van der Waals surface area contributed by atoms with Gasteiger partial charge >= 0.3 is 6.18 Å². The summed E-state index contributed by atoms with van der Waals surface area (Å²) in [6, 6.07) is 5.38. The molecule has 7 heteroatoms. The van der Waals surface area contributed by atoms with E-state index in [2.05, 4.69) is 10.8 Å². The molecule has 1 aromatic rings. The molecule has 1 unspecified atom stereocenters. The van der Waals surface area contributed by atoms with Gasteiger partial charge in [0.25, 0.3) is 0 Å². The molecule has 1 aromatic carbocycles. The third kappa shape index (κ3) is 5.90. The second kappa shape index (κ2) is 8.30. The zero-order chi connectivity index (χ0) is 19.4. The first kappa shape index (κ1) is 20.6. The Kier molecular flexibility index (Phi) is 6.56. The number of hydrogen-bond donors (Lipinski definition) is 1. The fraction of sp³-hybridized carbons (Fsp3) is 0.579. The summed E-state index contributed by atoms with van der Waals surface area (Å²) in [6.45, 7) is 6.62. The lowest BCUT2D eigenvalue weighted by molar-refractivity contribution is -0.137. The van der Waals surface area contributed by atoms with Crippen molar-refractivity contribution in [2.45, 2.75) is 31.7 Å². The van der Waals surface area contributed by atoms with Gasteiger partial charge in [-0.2, -0.15) is 13.2 Å². The van der Waals surface area contributed by atoms with E-state index in [1.165, 1.54) is 12.1 Å². The molecular weight excluding hydrogens is 345 g/mol. The smallest absolute Gasteiger partial charge is 0.389 e. The third-order valence-electron chi connectivity index (χ3n) is 4.36. The van der Waals surface area contributed by atoms with Crippen LogP contribution in [-0.4, -0.2) is 61.0 Å². The van der Waals surface area contributed by atoms with Gasteiger partial charge in [-0.3, -0.25) is 4.90 Å². The number of anilines is 1. The largest absolute Gasteiger partial charge is 0.416 e. The Labute approximate surface area is 152 Å². The van der Waals surface area contributed by atoms with E-state index in [4.69, 9.17) is 11.2 Å². The van der Waals surface area contributed by atoms with Crippen molar-refractivity contribution < 1.29 is 23.0 Å². The molecule has 0 aromatic heterocycles. The Balaban J connectivity index is 1.83. The highest BCUT2D eigenvalue weighted by Crippen LogP contribution is 2.31. The summed E-state index contributed by atoms with van der Waals surface area (Å²) in [4.78, 5) is 4.00. The number of β-amino-alcohol motifs (C(OH)–C–C–N with tert-alkyl or cyclic N) is 1. The van der Waals surface area contributed by atoms with Gasteiger partial charge < -0.3 is 14.7 Å². The topological polar surface area (TPSA) is 35.9 Å². The van der Waals surface area contributed by atoms with Crippen LogP contribution in [-0.2, 0) is 10.9 Å². The van der Waals surface area contributed by atoms with E-state index in [9.17, 15) is 18.3 Å². The predicted molar refractivity (Wildman–Crippen MR) is 95.0 cm³/mol. The Morgan fingerprint density at radius 2 is 1.88 bits per heavy atom. The predicted octanol–water partition coefficient (Wildman–Crippen LogP) is 2.62. The Bertz CT molecular complexity index is 632. The molecule has 0 aliphatic carbocycles. The molecule has 1 aliphatic rings. The summed E-state index contributed by atoms with van der Waals surface area (Å²) in [7, 11) is 0. The average Bonchev–Trinajstić information content (AvgIpc) is 2.60. The molecule has 1 fully saturated rings. The summed E-state index contributed by atoms with van der Waals surface area (Å²) >= 11 is 0. The summed E-state index contributed by atoms with van der Waals surface area (Å²) in [5, 5.41) is 10.1. The molecule has 0 saturated carbocycles. The third-order valence-corrected chi connectivity index (χ3v) is 4.36. The van der Waals surface area contributed by atoms with Crippen LogP contribution in [0.5, 0.6) is 0 Å². The molecule has 0 bridgehead atoms. The fourth-order valence-corrected chi connectivity index (χ4v) is 2.76. The number of alkyl halides is 3. The molecule has 2 rings (SSSR count). The van der Waals surface area contributed by atoms with Crippen molar-refractivity contribution in [3.05, 3.63) is 29.8 Å². The van der Waals surface area contributed by atoms with Gasteiger partial charge in [-0.05, 0) is 32.0 Å². The van der Waals surface area contributed by atoms with Crippen LogP contribution in [0, 0.1) is 12.3 Å². The number of halogens is 3. The van der Waals surface area contributed by atoms with Gasteiger partial charge in [-0.15, -0.1) is 6.42 Å². The lowest BCUT2D eigenvalue weighted by Crippen LogP contribution is -2.49. The molecule has 1 atom stereocenters. The van der Waals surface area contributed by atoms with Crippen LogP contribution in [0.15, 0.2) is 24.3 Å². The lowest BCUT2D eigenvalue weighted by Gasteiger charge is -2.37. The van der Waals surface area contributed by atoms with Crippen molar-refractivity contribution in [3.8, 4) is 12.3 Å². The average molecular weight is 370 g/mol. The molecule has 1 heterocycles. The minimum atomic E-state index is -4.34. The Morgan fingerprint density at radius 1 is 1.23 bits per heavy atom. The number of aliphatic hydroxyl groups is 1. The van der Waals surface area contributed by atoms with Crippen LogP contribution < -0.4 is 4.90 Å². The SMILES string of the molecule is C#CC(C)(C)OCC(O)CN1CCN(c2cccc(C(F)(F)F)c2)CC1. The second-order valence-electron chi connectivity index (χ2n) is 6.96. The maximum Gasteiger partial charge on any atom is 0.416 e. The molecule has 26 heavy (non-hydrogen) atoms. The minimum absolute atomic E-state index is 0.144. The molecule has 1 saturated heterocycles. The second-order valence-corrected chi connectivity index (χ2v) is 6.96. The molecule has 0 spiro atoms. The highest BCUT2D eigenvalue weighted by Gasteiger charge is 2.31. The van der Waals surface area contributed by atoms with Crippen molar-refractivity contribution in [1.29, 1.82) is 0 Å². The molecular formula is C19H25F3N2O2. The number of terminal acetylenes is 1. The highest BCUT2D eigenvalue weighted by atomic mass is 19.4. The summed E-state index contributed by atoms with van der Waals surface area (Å²) in [6.07, 6.45) is 0.338. The van der Waals surface area contributed by atoms with E-state index >= 15 is 0 Å². The van der Waals surface area contributed by atoms with Crippen LogP contribution in [0.1, 0.15) is 19.4 Å². The monoisotopic (exact) mass is 370 g/mol. The van der Waals surface area contributed by atoms with Gasteiger partial charge in [0.2, 0.25) is 0 Å². The normalized spacial score (nSPS) is 17.8. The van der Waals surface area contributed by atoms with Crippen LogP contribution >= 0.6 is 0 Å². The quantitative estimate of drug-likeness (QED) is 0.781. The zero-order valence-electron chi connectivity index (χ0n) is 15.1. The van der Waals surface area contributed by atoms with Crippen molar-refractivity contribution in [1.82, 2.24) is 4.90 Å². The van der Waals surface area contributed by atoms with Crippen molar-refractivity contribution in [3.63, 3.8) is 0 Å². The number of ether oxygens (including phenoxy) is 1. The lowest BCUT2D eigenvalue weighted by atomic mass is 10.1. The summed E-state index contributed by atoms with van der Waals surface area (Å²) in [5.41, 5.74) is -0.788. The molecule has 0 amide bonds. The van der Waals surface area contributed by atoms with Crippen molar-refractivity contribution in [2.24, 2.45) is 0 Å². The van der Waals surface area contributed by atoms with E-state index in [1.807, 2.05) is 4.90 Å². The molecule has 1 N–H and O–H groups in total. The van der Waals surface area contributed by atoms with Crippen molar-refractivity contribution >= 4 is 5.69 Å². The summed E-state index contributed by atoms with van der Waals surface area (Å²) < 4.78 is 44.0. The first-order chi connectivity index (χ1) is 12.1. The standard InChI is InChI=1S/C19H25F3N2O2/c1-4-18(2,3)26-14-17(25)13-23-8-10-24(11-9-23)16-7-5-6-15(12-16)19(20,21)22/h1,5-7,12,17,25H,8-11,13-14H2,2-3H3. The van der Waals surface area contributed by atoms with Gasteiger partial charge in [0.05, 0.1) is 18.3 Å². The molecule has 1 aliphatic heterocycles. The number of piperazine rings is 1. The molecule has 4 nitrogen and oxygen atoms in total.